The van der Waals surface area contributed by atoms with Crippen LogP contribution in [0, 0.1) is 0 Å². The van der Waals surface area contributed by atoms with Crippen LogP contribution in [0.3, 0.4) is 0 Å². The highest BCUT2D eigenvalue weighted by molar-refractivity contribution is 5.95. The Balaban J connectivity index is 2.00. The van der Waals surface area contributed by atoms with Gasteiger partial charge in [-0.2, -0.15) is 0 Å². The number of hydrogen-bond donors (Lipinski definition) is 3. The smallest absolute Gasteiger partial charge is 0.251 e. The van der Waals surface area contributed by atoms with Gasteiger partial charge in [0, 0.05) is 11.6 Å². The molecule has 2 rings (SSSR count). The molecule has 1 aliphatic rings. The van der Waals surface area contributed by atoms with Crippen LogP contribution in [0.4, 0.5) is 0 Å². The summed E-state index contributed by atoms with van der Waals surface area (Å²) >= 11 is 0. The van der Waals surface area contributed by atoms with Crippen molar-refractivity contribution in [1.29, 1.82) is 0 Å². The predicted octanol–water partition coefficient (Wildman–Crippen LogP) is 1.43. The summed E-state index contributed by atoms with van der Waals surface area (Å²) in [5.41, 5.74) is 0.459. The van der Waals surface area contributed by atoms with Crippen molar-refractivity contribution in [3.63, 3.8) is 0 Å². The summed E-state index contributed by atoms with van der Waals surface area (Å²) in [5.74, 6) is 0.117. The Kier molecular flexibility index (Phi) is 4.27. The van der Waals surface area contributed by atoms with Crippen LogP contribution in [-0.4, -0.2) is 35.4 Å². The number of nitrogens with one attached hydrogen (secondary N) is 1. The number of amides is 1. The first-order chi connectivity index (χ1) is 9.10. The van der Waals surface area contributed by atoms with Gasteiger partial charge in [-0.1, -0.05) is 0 Å². The largest absolute Gasteiger partial charge is 0.504 e. The molecule has 19 heavy (non-hydrogen) atoms. The lowest BCUT2D eigenvalue weighted by Gasteiger charge is -2.26. The molecule has 0 aromatic heterocycles. The summed E-state index contributed by atoms with van der Waals surface area (Å²) in [5, 5.41) is 21.8. The van der Waals surface area contributed by atoms with Gasteiger partial charge in [0.15, 0.2) is 11.5 Å². The summed E-state index contributed by atoms with van der Waals surface area (Å²) in [7, 11) is 1.44. The summed E-state index contributed by atoms with van der Waals surface area (Å²) in [6.45, 7) is 0. The van der Waals surface area contributed by atoms with Gasteiger partial charge in [-0.3, -0.25) is 4.79 Å². The first kappa shape index (κ1) is 13.7. The van der Waals surface area contributed by atoms with Crippen molar-refractivity contribution in [2.24, 2.45) is 0 Å². The number of rotatable bonds is 3. The van der Waals surface area contributed by atoms with Crippen LogP contribution in [0.15, 0.2) is 18.2 Å². The number of aliphatic hydroxyl groups excluding tert-OH is 1. The Bertz CT molecular complexity index is 453. The number of aliphatic hydroxyl groups is 1. The molecule has 5 nitrogen and oxygen atoms in total. The third-order valence-electron chi connectivity index (χ3n) is 3.47. The van der Waals surface area contributed by atoms with Gasteiger partial charge in [0.1, 0.15) is 0 Å². The normalized spacial score (nSPS) is 22.8. The molecular weight excluding hydrogens is 246 g/mol. The average Bonchev–Trinajstić information content (AvgIpc) is 2.42. The van der Waals surface area contributed by atoms with Crippen LogP contribution in [0.25, 0.3) is 0 Å². The SMILES string of the molecule is COc1cc(C(=O)NC2CCC(O)CC2)ccc1O. The summed E-state index contributed by atoms with van der Waals surface area (Å²) < 4.78 is 4.98. The molecule has 1 aliphatic carbocycles. The lowest BCUT2D eigenvalue weighted by molar-refractivity contribution is 0.0867. The molecular formula is C14H19NO4. The van der Waals surface area contributed by atoms with Crippen LogP contribution in [0.5, 0.6) is 11.5 Å². The molecule has 3 N–H and O–H groups in total. The van der Waals surface area contributed by atoms with Gasteiger partial charge in [-0.25, -0.2) is 0 Å². The number of carbonyl (C=O) groups excluding carboxylic acids is 1. The van der Waals surface area contributed by atoms with E-state index in [-0.39, 0.29) is 29.6 Å². The predicted molar refractivity (Wildman–Crippen MR) is 70.4 cm³/mol. The van der Waals surface area contributed by atoms with Crippen molar-refractivity contribution in [3.05, 3.63) is 23.8 Å². The summed E-state index contributed by atoms with van der Waals surface area (Å²) in [4.78, 5) is 12.1. The van der Waals surface area contributed by atoms with Crippen molar-refractivity contribution in [2.45, 2.75) is 37.8 Å². The van der Waals surface area contributed by atoms with Crippen LogP contribution in [0.2, 0.25) is 0 Å². The number of benzene rings is 1. The molecule has 0 spiro atoms. The molecule has 1 fully saturated rings. The Hall–Kier alpha value is -1.75. The molecule has 1 aromatic carbocycles. The second-order valence-electron chi connectivity index (χ2n) is 4.87. The van der Waals surface area contributed by atoms with Crippen LogP contribution in [0.1, 0.15) is 36.0 Å². The van der Waals surface area contributed by atoms with E-state index in [4.69, 9.17) is 4.74 Å². The van der Waals surface area contributed by atoms with E-state index < -0.39 is 0 Å². The highest BCUT2D eigenvalue weighted by atomic mass is 16.5. The fraction of sp³-hybridized carbons (Fsp3) is 0.500. The fourth-order valence-corrected chi connectivity index (χ4v) is 2.31. The topological polar surface area (TPSA) is 78.8 Å². The first-order valence-electron chi connectivity index (χ1n) is 6.46. The maximum Gasteiger partial charge on any atom is 0.251 e. The molecule has 0 heterocycles. The zero-order valence-corrected chi connectivity index (χ0v) is 10.9. The van der Waals surface area contributed by atoms with Crippen molar-refractivity contribution < 1.29 is 19.7 Å². The van der Waals surface area contributed by atoms with Gasteiger partial charge in [0.05, 0.1) is 13.2 Å². The third kappa shape index (κ3) is 3.38. The van der Waals surface area contributed by atoms with Crippen molar-refractivity contribution in [2.75, 3.05) is 7.11 Å². The van der Waals surface area contributed by atoms with Crippen LogP contribution in [-0.2, 0) is 0 Å². The zero-order chi connectivity index (χ0) is 13.8. The number of methoxy groups -OCH3 is 1. The molecule has 5 heteroatoms. The van der Waals surface area contributed by atoms with Gasteiger partial charge in [0.25, 0.3) is 5.91 Å². The van der Waals surface area contributed by atoms with Crippen molar-refractivity contribution >= 4 is 5.91 Å². The van der Waals surface area contributed by atoms with Crippen LogP contribution >= 0.6 is 0 Å². The minimum absolute atomic E-state index is 0.0137. The maximum absolute atomic E-state index is 12.1. The molecule has 0 saturated heterocycles. The Morgan fingerprint density at radius 2 is 2.00 bits per heavy atom. The molecule has 1 saturated carbocycles. The van der Waals surface area contributed by atoms with E-state index in [0.29, 0.717) is 5.56 Å². The quantitative estimate of drug-likeness (QED) is 0.772. The second-order valence-corrected chi connectivity index (χ2v) is 4.87. The summed E-state index contributed by atoms with van der Waals surface area (Å²) in [6, 6.07) is 4.63. The number of carbonyl (C=O) groups is 1. The molecule has 0 aliphatic heterocycles. The molecule has 0 radical (unpaired) electrons. The van der Waals surface area contributed by atoms with E-state index in [1.807, 2.05) is 0 Å². The molecule has 0 unspecified atom stereocenters. The van der Waals surface area contributed by atoms with Crippen molar-refractivity contribution in [1.82, 2.24) is 5.32 Å². The standard InChI is InChI=1S/C14H19NO4/c1-19-13-8-9(2-7-12(13)17)14(18)15-10-3-5-11(16)6-4-10/h2,7-8,10-11,16-17H,3-6H2,1H3,(H,15,18). The number of phenols is 1. The van der Waals surface area contributed by atoms with E-state index in [2.05, 4.69) is 5.32 Å². The van der Waals surface area contributed by atoms with E-state index in [1.54, 1.807) is 6.07 Å². The Labute approximate surface area is 112 Å². The minimum atomic E-state index is -0.234. The van der Waals surface area contributed by atoms with Gasteiger partial charge in [0.2, 0.25) is 0 Å². The summed E-state index contributed by atoms with van der Waals surface area (Å²) in [6.07, 6.45) is 2.81. The maximum atomic E-state index is 12.1. The van der Waals surface area contributed by atoms with Crippen LogP contribution < -0.4 is 10.1 Å². The van der Waals surface area contributed by atoms with E-state index >= 15 is 0 Å². The lowest BCUT2D eigenvalue weighted by atomic mass is 9.93. The fourth-order valence-electron chi connectivity index (χ4n) is 2.31. The first-order valence-corrected chi connectivity index (χ1v) is 6.46. The molecule has 1 aromatic rings. The lowest BCUT2D eigenvalue weighted by Crippen LogP contribution is -2.38. The molecule has 104 valence electrons. The van der Waals surface area contributed by atoms with E-state index in [0.717, 1.165) is 25.7 Å². The van der Waals surface area contributed by atoms with Crippen molar-refractivity contribution in [3.8, 4) is 11.5 Å². The second kappa shape index (κ2) is 5.93. The Morgan fingerprint density at radius 1 is 1.32 bits per heavy atom. The van der Waals surface area contributed by atoms with Gasteiger partial charge < -0.3 is 20.3 Å². The minimum Gasteiger partial charge on any atom is -0.504 e. The third-order valence-corrected chi connectivity index (χ3v) is 3.47. The molecule has 0 atom stereocenters. The number of phenolic OH excluding ortho intramolecular Hbond substituents is 1. The van der Waals surface area contributed by atoms with Gasteiger partial charge >= 0.3 is 0 Å². The number of ether oxygens (including phenoxy) is 1. The monoisotopic (exact) mass is 265 g/mol. The number of aromatic hydroxyl groups is 1. The molecule has 0 bridgehead atoms. The average molecular weight is 265 g/mol. The van der Waals surface area contributed by atoms with Gasteiger partial charge in [-0.05, 0) is 43.9 Å². The highest BCUT2D eigenvalue weighted by Gasteiger charge is 2.21. The number of hydrogen-bond acceptors (Lipinski definition) is 4. The van der Waals surface area contributed by atoms with E-state index in [1.165, 1.54) is 19.2 Å². The highest BCUT2D eigenvalue weighted by Crippen LogP contribution is 2.26. The zero-order valence-electron chi connectivity index (χ0n) is 10.9. The van der Waals surface area contributed by atoms with E-state index in [9.17, 15) is 15.0 Å². The Morgan fingerprint density at radius 3 is 2.63 bits per heavy atom. The molecule has 1 amide bonds. The van der Waals surface area contributed by atoms with Gasteiger partial charge in [-0.15, -0.1) is 0 Å².